The fourth-order valence-electron chi connectivity index (χ4n) is 2.17. The van der Waals surface area contributed by atoms with E-state index in [1.165, 1.54) is 0 Å². The quantitative estimate of drug-likeness (QED) is 0.534. The maximum absolute atomic E-state index is 11.5. The molecule has 0 aromatic heterocycles. The van der Waals surface area contributed by atoms with Crippen molar-refractivity contribution in [3.8, 4) is 11.5 Å². The third kappa shape index (κ3) is 4.62. The summed E-state index contributed by atoms with van der Waals surface area (Å²) in [4.78, 5) is 11.5. The first-order valence-electron chi connectivity index (χ1n) is 7.59. The van der Waals surface area contributed by atoms with E-state index < -0.39 is 0 Å². The second kappa shape index (κ2) is 8.23. The molecule has 2 aromatic carbocycles. The van der Waals surface area contributed by atoms with Gasteiger partial charge in [0.15, 0.2) is 5.78 Å². The molecule has 0 saturated carbocycles. The van der Waals surface area contributed by atoms with Crippen molar-refractivity contribution in [3.05, 3.63) is 59.7 Å². The maximum Gasteiger partial charge on any atom is 0.163 e. The monoisotopic (exact) mass is 298 g/mol. The average Bonchev–Trinajstić information content (AvgIpc) is 2.52. The summed E-state index contributed by atoms with van der Waals surface area (Å²) in [5.41, 5.74) is 1.78. The van der Waals surface area contributed by atoms with Crippen LogP contribution in [0.25, 0.3) is 0 Å². The Labute approximate surface area is 131 Å². The standard InChI is InChI=1S/C19H22O3/c1-15-9-3-5-11-18(15)21-13-7-8-14-22-19-12-6-4-10-17(19)16(2)20/h3-6,9-12H,7-8,13-14H2,1-2H3. The lowest BCUT2D eigenvalue weighted by Gasteiger charge is -2.11. The van der Waals surface area contributed by atoms with Gasteiger partial charge < -0.3 is 9.47 Å². The van der Waals surface area contributed by atoms with Gasteiger partial charge in [-0.25, -0.2) is 0 Å². The van der Waals surface area contributed by atoms with Crippen LogP contribution in [0.1, 0.15) is 35.7 Å². The Balaban J connectivity index is 1.70. The van der Waals surface area contributed by atoms with Gasteiger partial charge in [-0.05, 0) is 50.5 Å². The number of rotatable bonds is 8. The number of unbranched alkanes of at least 4 members (excludes halogenated alkanes) is 1. The maximum atomic E-state index is 11.5. The van der Waals surface area contributed by atoms with Crippen LogP contribution in [0.3, 0.4) is 0 Å². The zero-order chi connectivity index (χ0) is 15.8. The molecule has 0 bridgehead atoms. The van der Waals surface area contributed by atoms with E-state index in [0.29, 0.717) is 24.5 Å². The lowest BCUT2D eigenvalue weighted by atomic mass is 10.1. The van der Waals surface area contributed by atoms with Crippen molar-refractivity contribution >= 4 is 5.78 Å². The van der Waals surface area contributed by atoms with Crippen molar-refractivity contribution in [1.29, 1.82) is 0 Å². The number of aryl methyl sites for hydroxylation is 1. The first kappa shape index (κ1) is 16.1. The van der Waals surface area contributed by atoms with E-state index in [9.17, 15) is 4.79 Å². The normalized spacial score (nSPS) is 10.3. The first-order chi connectivity index (χ1) is 10.7. The molecule has 0 heterocycles. The van der Waals surface area contributed by atoms with Crippen molar-refractivity contribution in [2.45, 2.75) is 26.7 Å². The molecular formula is C19H22O3. The topological polar surface area (TPSA) is 35.5 Å². The number of ether oxygens (including phenoxy) is 2. The van der Waals surface area contributed by atoms with Crippen LogP contribution in [0, 0.1) is 6.92 Å². The zero-order valence-electron chi connectivity index (χ0n) is 13.2. The number of hydrogen-bond donors (Lipinski definition) is 0. The summed E-state index contributed by atoms with van der Waals surface area (Å²) in [6.45, 7) is 4.85. The van der Waals surface area contributed by atoms with Crippen LogP contribution in [-0.2, 0) is 0 Å². The molecule has 0 spiro atoms. The molecule has 0 saturated heterocycles. The number of carbonyl (C=O) groups is 1. The van der Waals surface area contributed by atoms with Crippen LogP contribution in [0.15, 0.2) is 48.5 Å². The van der Waals surface area contributed by atoms with E-state index in [-0.39, 0.29) is 5.78 Å². The Hall–Kier alpha value is -2.29. The number of ketones is 1. The second-order valence-corrected chi connectivity index (χ2v) is 5.22. The number of para-hydroxylation sites is 2. The van der Waals surface area contributed by atoms with Crippen LogP contribution in [0.2, 0.25) is 0 Å². The number of Topliss-reactive ketones (excluding diaryl/α,β-unsaturated/α-hetero) is 1. The highest BCUT2D eigenvalue weighted by molar-refractivity contribution is 5.96. The predicted molar refractivity (Wildman–Crippen MR) is 87.8 cm³/mol. The fraction of sp³-hybridized carbons (Fsp3) is 0.316. The SMILES string of the molecule is CC(=O)c1ccccc1OCCCCOc1ccccc1C. The molecule has 0 aliphatic carbocycles. The van der Waals surface area contributed by atoms with Gasteiger partial charge in [0.25, 0.3) is 0 Å². The van der Waals surface area contributed by atoms with Crippen molar-refractivity contribution in [3.63, 3.8) is 0 Å². The first-order valence-corrected chi connectivity index (χ1v) is 7.59. The van der Waals surface area contributed by atoms with Gasteiger partial charge in [-0.15, -0.1) is 0 Å². The van der Waals surface area contributed by atoms with E-state index in [1.54, 1.807) is 13.0 Å². The van der Waals surface area contributed by atoms with E-state index in [2.05, 4.69) is 0 Å². The van der Waals surface area contributed by atoms with Gasteiger partial charge in [-0.1, -0.05) is 30.3 Å². The summed E-state index contributed by atoms with van der Waals surface area (Å²) in [5.74, 6) is 1.62. The third-order valence-electron chi connectivity index (χ3n) is 3.41. The Bertz CT molecular complexity index is 620. The van der Waals surface area contributed by atoms with Gasteiger partial charge in [0.2, 0.25) is 0 Å². The van der Waals surface area contributed by atoms with E-state index in [0.717, 1.165) is 24.2 Å². The molecule has 3 heteroatoms. The van der Waals surface area contributed by atoms with Gasteiger partial charge in [-0.2, -0.15) is 0 Å². The van der Waals surface area contributed by atoms with Gasteiger partial charge in [0.1, 0.15) is 11.5 Å². The summed E-state index contributed by atoms with van der Waals surface area (Å²) < 4.78 is 11.4. The molecule has 0 fully saturated rings. The summed E-state index contributed by atoms with van der Waals surface area (Å²) in [6, 6.07) is 15.3. The minimum Gasteiger partial charge on any atom is -0.493 e. The molecule has 2 rings (SSSR count). The molecular weight excluding hydrogens is 276 g/mol. The van der Waals surface area contributed by atoms with Crippen LogP contribution in [-0.4, -0.2) is 19.0 Å². The highest BCUT2D eigenvalue weighted by Crippen LogP contribution is 2.19. The van der Waals surface area contributed by atoms with Gasteiger partial charge in [-0.3, -0.25) is 4.79 Å². The Kier molecular flexibility index (Phi) is 6.01. The molecule has 0 unspecified atom stereocenters. The van der Waals surface area contributed by atoms with Crippen molar-refractivity contribution in [1.82, 2.24) is 0 Å². The van der Waals surface area contributed by atoms with E-state index in [1.807, 2.05) is 49.4 Å². The number of hydrogen-bond acceptors (Lipinski definition) is 3. The van der Waals surface area contributed by atoms with Crippen molar-refractivity contribution in [2.24, 2.45) is 0 Å². The third-order valence-corrected chi connectivity index (χ3v) is 3.41. The molecule has 0 aliphatic rings. The summed E-state index contributed by atoms with van der Waals surface area (Å²) >= 11 is 0. The number of carbonyl (C=O) groups excluding carboxylic acids is 1. The second-order valence-electron chi connectivity index (χ2n) is 5.22. The fourth-order valence-corrected chi connectivity index (χ4v) is 2.17. The van der Waals surface area contributed by atoms with E-state index >= 15 is 0 Å². The highest BCUT2D eigenvalue weighted by Gasteiger charge is 2.06. The van der Waals surface area contributed by atoms with E-state index in [4.69, 9.17) is 9.47 Å². The molecule has 3 nitrogen and oxygen atoms in total. The minimum atomic E-state index is 0.0264. The molecule has 22 heavy (non-hydrogen) atoms. The molecule has 116 valence electrons. The van der Waals surface area contributed by atoms with Gasteiger partial charge in [0, 0.05) is 0 Å². The van der Waals surface area contributed by atoms with Crippen molar-refractivity contribution in [2.75, 3.05) is 13.2 Å². The zero-order valence-corrected chi connectivity index (χ0v) is 13.2. The molecule has 0 aliphatic heterocycles. The molecule has 0 radical (unpaired) electrons. The smallest absolute Gasteiger partial charge is 0.163 e. The van der Waals surface area contributed by atoms with Gasteiger partial charge >= 0.3 is 0 Å². The van der Waals surface area contributed by atoms with Crippen LogP contribution in [0.4, 0.5) is 0 Å². The minimum absolute atomic E-state index is 0.0264. The molecule has 2 aromatic rings. The highest BCUT2D eigenvalue weighted by atomic mass is 16.5. The average molecular weight is 298 g/mol. The van der Waals surface area contributed by atoms with Crippen LogP contribution in [0.5, 0.6) is 11.5 Å². The Morgan fingerprint density at radius 3 is 2.05 bits per heavy atom. The predicted octanol–water partition coefficient (Wildman–Crippen LogP) is 4.44. The lowest BCUT2D eigenvalue weighted by molar-refractivity contribution is 0.101. The molecule has 0 N–H and O–H groups in total. The van der Waals surface area contributed by atoms with Crippen LogP contribution < -0.4 is 9.47 Å². The molecule has 0 atom stereocenters. The van der Waals surface area contributed by atoms with Crippen molar-refractivity contribution < 1.29 is 14.3 Å². The van der Waals surface area contributed by atoms with Gasteiger partial charge in [0.05, 0.1) is 18.8 Å². The number of benzene rings is 2. The summed E-state index contributed by atoms with van der Waals surface area (Å²) in [6.07, 6.45) is 1.80. The molecule has 0 amide bonds. The Morgan fingerprint density at radius 2 is 1.41 bits per heavy atom. The Morgan fingerprint density at radius 1 is 0.864 bits per heavy atom. The largest absolute Gasteiger partial charge is 0.493 e. The summed E-state index contributed by atoms with van der Waals surface area (Å²) in [7, 11) is 0. The lowest BCUT2D eigenvalue weighted by Crippen LogP contribution is -2.05. The summed E-state index contributed by atoms with van der Waals surface area (Å²) in [5, 5.41) is 0. The van der Waals surface area contributed by atoms with Crippen LogP contribution >= 0.6 is 0 Å².